The monoisotopic (exact) mass is 457 g/mol. The second-order valence-electron chi connectivity index (χ2n) is 6.56. The maximum Gasteiger partial charge on any atom is 1.00 e. The summed E-state index contributed by atoms with van der Waals surface area (Å²) in [6.07, 6.45) is 1.18. The summed E-state index contributed by atoms with van der Waals surface area (Å²) in [5.74, 6) is -2.90. The number of carbonyl (C=O) groups is 1. The number of halogens is 1. The second-order valence-corrected chi connectivity index (χ2v) is 7.93. The van der Waals surface area contributed by atoms with Gasteiger partial charge in [-0.3, -0.25) is 9.69 Å². The molecule has 0 radical (unpaired) electrons. The van der Waals surface area contributed by atoms with Gasteiger partial charge in [0.2, 0.25) is 0 Å². The number of fused-ring (bicyclic) bond motifs is 1. The van der Waals surface area contributed by atoms with E-state index in [-0.39, 0.29) is 83.3 Å². The van der Waals surface area contributed by atoms with Crippen LogP contribution in [0.5, 0.6) is 0 Å². The van der Waals surface area contributed by atoms with Crippen LogP contribution >= 0.6 is 0 Å². The van der Waals surface area contributed by atoms with E-state index >= 15 is 0 Å². The van der Waals surface area contributed by atoms with Crippen LogP contribution in [0.25, 0.3) is 10.9 Å². The number of aromatic carboxylic acids is 1. The molecule has 0 aliphatic carbocycles. The molecule has 1 aliphatic heterocycles. The average Bonchev–Trinajstić information content (AvgIpc) is 2.61. The van der Waals surface area contributed by atoms with Gasteiger partial charge in [0.25, 0.3) is 0 Å². The smallest absolute Gasteiger partial charge is 0.747 e. The van der Waals surface area contributed by atoms with Crippen LogP contribution in [-0.2, 0) is 16.7 Å². The first-order valence-corrected chi connectivity index (χ1v) is 10.2. The van der Waals surface area contributed by atoms with Gasteiger partial charge in [-0.15, -0.1) is 0 Å². The summed E-state index contributed by atoms with van der Waals surface area (Å²) >= 11 is 0. The van der Waals surface area contributed by atoms with Crippen LogP contribution in [0.15, 0.2) is 23.1 Å². The minimum Gasteiger partial charge on any atom is -0.747 e. The fourth-order valence-corrected chi connectivity index (χ4v) is 4.10. The van der Waals surface area contributed by atoms with Crippen molar-refractivity contribution in [2.45, 2.75) is 13.5 Å². The number of carboxylic acid groups (broad SMARTS) is 1. The molecule has 2 aromatic rings. The molecule has 1 aromatic heterocycles. The minimum absolute atomic E-state index is 0. The maximum atomic E-state index is 14.7. The van der Waals surface area contributed by atoms with Gasteiger partial charge in [0.1, 0.15) is 15.9 Å². The molecule has 0 saturated carbocycles. The van der Waals surface area contributed by atoms with Crippen molar-refractivity contribution < 1.29 is 86.4 Å². The molecule has 3 rings (SSSR count). The van der Waals surface area contributed by atoms with Gasteiger partial charge in [0.05, 0.1) is 28.6 Å². The van der Waals surface area contributed by atoms with E-state index in [1.165, 1.54) is 21.7 Å². The molecule has 9 nitrogen and oxygen atoms in total. The molecular weight excluding hydrogens is 439 g/mol. The van der Waals surface area contributed by atoms with Crippen molar-refractivity contribution in [1.82, 2.24) is 9.47 Å². The minimum atomic E-state index is -4.38. The van der Waals surface area contributed by atoms with Gasteiger partial charge < -0.3 is 23.9 Å². The van der Waals surface area contributed by atoms with Gasteiger partial charge in [-0.05, 0) is 19.1 Å². The Hall–Kier alpha value is -0.500. The van der Waals surface area contributed by atoms with Crippen molar-refractivity contribution in [1.29, 1.82) is 0 Å². The number of carboxylic acids is 1. The SMILES string of the molecule is CCn1cc(C(=O)[O-])c(=O)c2cc(F)c(N3CCN(CS(=O)(=O)[O-])CC3)cc21.[Na+].[Na+]. The first kappa shape index (κ1) is 27.5. The van der Waals surface area contributed by atoms with Gasteiger partial charge in [-0.1, -0.05) is 0 Å². The first-order valence-electron chi connectivity index (χ1n) is 8.59. The Morgan fingerprint density at radius 1 is 1.17 bits per heavy atom. The molecule has 0 amide bonds. The van der Waals surface area contributed by atoms with E-state index in [2.05, 4.69) is 0 Å². The predicted octanol–water partition coefficient (Wildman–Crippen LogP) is -6.84. The number of hydrogen-bond donors (Lipinski definition) is 0. The van der Waals surface area contributed by atoms with Crippen molar-refractivity contribution >= 4 is 32.7 Å². The van der Waals surface area contributed by atoms with E-state index in [0.717, 1.165) is 6.07 Å². The fourth-order valence-electron chi connectivity index (χ4n) is 3.39. The summed E-state index contributed by atoms with van der Waals surface area (Å²) in [6, 6.07) is 2.49. The van der Waals surface area contributed by atoms with Crippen molar-refractivity contribution in [2.75, 3.05) is 37.0 Å². The van der Waals surface area contributed by atoms with Crippen LogP contribution in [0.4, 0.5) is 10.1 Å². The molecule has 2 heterocycles. The summed E-state index contributed by atoms with van der Waals surface area (Å²) in [6.45, 7) is 3.24. The number of aryl methyl sites for hydroxylation is 1. The molecule has 1 aromatic carbocycles. The Kier molecular flexibility index (Phi) is 9.99. The number of benzene rings is 1. The molecule has 0 unspecified atom stereocenters. The zero-order valence-electron chi connectivity index (χ0n) is 17.1. The van der Waals surface area contributed by atoms with Crippen LogP contribution in [0.1, 0.15) is 17.3 Å². The molecule has 0 atom stereocenters. The summed E-state index contributed by atoms with van der Waals surface area (Å²) in [5, 5.41) is 11.1. The third-order valence-electron chi connectivity index (χ3n) is 4.76. The van der Waals surface area contributed by atoms with Crippen LogP contribution in [0.2, 0.25) is 0 Å². The topological polar surface area (TPSA) is 126 Å². The van der Waals surface area contributed by atoms with E-state index in [1.54, 1.807) is 11.8 Å². The van der Waals surface area contributed by atoms with Gasteiger partial charge in [-0.2, -0.15) is 0 Å². The maximum absolute atomic E-state index is 14.7. The number of hydrogen-bond acceptors (Lipinski definition) is 8. The Balaban J connectivity index is 0.00000225. The summed E-state index contributed by atoms with van der Waals surface area (Å²) in [4.78, 5) is 26.7. The van der Waals surface area contributed by atoms with Crippen molar-refractivity contribution in [3.8, 4) is 0 Å². The molecule has 0 bridgehead atoms. The van der Waals surface area contributed by atoms with E-state index < -0.39 is 38.8 Å². The van der Waals surface area contributed by atoms with Gasteiger partial charge in [0.15, 0.2) is 5.43 Å². The largest absolute Gasteiger partial charge is 1.00 e. The van der Waals surface area contributed by atoms with Gasteiger partial charge >= 0.3 is 59.1 Å². The van der Waals surface area contributed by atoms with E-state index in [9.17, 15) is 32.1 Å². The van der Waals surface area contributed by atoms with Crippen LogP contribution in [-0.4, -0.2) is 60.5 Å². The number of carbonyl (C=O) groups excluding carboxylic acids is 1. The Labute approximate surface area is 217 Å². The zero-order valence-corrected chi connectivity index (χ0v) is 21.9. The Morgan fingerprint density at radius 2 is 1.77 bits per heavy atom. The van der Waals surface area contributed by atoms with E-state index in [1.807, 2.05) is 0 Å². The van der Waals surface area contributed by atoms with Gasteiger partial charge in [0, 0.05) is 44.3 Å². The van der Waals surface area contributed by atoms with E-state index in [0.29, 0.717) is 25.2 Å². The molecule has 1 saturated heterocycles. The van der Waals surface area contributed by atoms with E-state index in [4.69, 9.17) is 0 Å². The predicted molar refractivity (Wildman–Crippen MR) is 96.5 cm³/mol. The zero-order chi connectivity index (χ0) is 20.6. The average molecular weight is 457 g/mol. The molecule has 1 aliphatic rings. The standard InChI is InChI=1S/C17H20FN3O6S.2Na/c1-2-20-9-12(17(23)24)16(22)11-7-13(18)15(8-14(11)20)21-5-3-19(4-6-21)10-28(25,26)27;;/h7-9H,2-6,10H2,1H3,(H,23,24)(H,25,26,27);;/q;2*+1/p-2. The van der Waals surface area contributed by atoms with Gasteiger partial charge in [-0.25, -0.2) is 12.8 Å². The number of pyridine rings is 1. The third kappa shape index (κ3) is 6.05. The normalized spacial score (nSPS) is 14.8. The second kappa shape index (κ2) is 10.9. The van der Waals surface area contributed by atoms with Crippen molar-refractivity contribution in [3.05, 3.63) is 39.9 Å². The van der Waals surface area contributed by atoms with Crippen molar-refractivity contribution in [2.24, 2.45) is 0 Å². The molecule has 13 heteroatoms. The van der Waals surface area contributed by atoms with Crippen LogP contribution < -0.4 is 74.5 Å². The number of anilines is 1. The number of nitrogens with zero attached hydrogens (tertiary/aromatic N) is 3. The van der Waals surface area contributed by atoms with Crippen LogP contribution in [0.3, 0.4) is 0 Å². The Morgan fingerprint density at radius 3 is 2.27 bits per heavy atom. The fraction of sp³-hybridized carbons (Fsp3) is 0.412. The molecular formula is C17H18FN3Na2O6S. The van der Waals surface area contributed by atoms with Crippen molar-refractivity contribution in [3.63, 3.8) is 0 Å². The molecule has 30 heavy (non-hydrogen) atoms. The summed E-state index contributed by atoms with van der Waals surface area (Å²) < 4.78 is 48.9. The first-order chi connectivity index (χ1) is 13.1. The number of rotatable bonds is 5. The summed E-state index contributed by atoms with van der Waals surface area (Å²) in [5.41, 5.74) is -0.733. The Bertz CT molecular complexity index is 1100. The molecule has 0 N–H and O–H groups in total. The number of piperazine rings is 1. The molecule has 152 valence electrons. The number of aromatic nitrogens is 1. The molecule has 1 fully saturated rings. The quantitative estimate of drug-likeness (QED) is 0.321. The summed E-state index contributed by atoms with van der Waals surface area (Å²) in [7, 11) is -4.38. The third-order valence-corrected chi connectivity index (χ3v) is 5.44. The molecule has 0 spiro atoms. The van der Waals surface area contributed by atoms with Crippen LogP contribution in [0, 0.1) is 5.82 Å².